The van der Waals surface area contributed by atoms with Gasteiger partial charge in [0.15, 0.2) is 0 Å². The van der Waals surface area contributed by atoms with Gasteiger partial charge in [-0.2, -0.15) is 0 Å². The standard InChI is InChI=1S/C13H18FNO4S/c1-3-9(2)12(13(16)17)15-20(18,19)8-10-4-6-11(14)7-5-10/h4-7,9,12,15H,3,8H2,1-2H3,(H,16,17). The molecule has 20 heavy (non-hydrogen) atoms. The van der Waals surface area contributed by atoms with Crippen LogP contribution in [0.1, 0.15) is 25.8 Å². The number of carboxylic acid groups (broad SMARTS) is 1. The van der Waals surface area contributed by atoms with Gasteiger partial charge in [0.2, 0.25) is 10.0 Å². The summed E-state index contributed by atoms with van der Waals surface area (Å²) in [5.41, 5.74) is 0.396. The first kappa shape index (κ1) is 16.6. The highest BCUT2D eigenvalue weighted by molar-refractivity contribution is 7.88. The van der Waals surface area contributed by atoms with E-state index in [0.717, 1.165) is 12.1 Å². The summed E-state index contributed by atoms with van der Waals surface area (Å²) < 4.78 is 38.8. The average molecular weight is 303 g/mol. The molecule has 0 aliphatic carbocycles. The fraction of sp³-hybridized carbons (Fsp3) is 0.462. The number of carboxylic acids is 1. The second-order valence-corrected chi connectivity index (χ2v) is 6.46. The maximum atomic E-state index is 12.7. The van der Waals surface area contributed by atoms with Gasteiger partial charge in [-0.15, -0.1) is 0 Å². The predicted octanol–water partition coefficient (Wildman–Crippen LogP) is 1.74. The molecular formula is C13H18FNO4S. The van der Waals surface area contributed by atoms with E-state index in [1.807, 2.05) is 0 Å². The summed E-state index contributed by atoms with van der Waals surface area (Å²) in [6.07, 6.45) is 0.538. The van der Waals surface area contributed by atoms with Gasteiger partial charge >= 0.3 is 5.97 Å². The van der Waals surface area contributed by atoms with Crippen LogP contribution >= 0.6 is 0 Å². The molecule has 0 saturated heterocycles. The number of halogens is 1. The third-order valence-electron chi connectivity index (χ3n) is 3.06. The number of nitrogens with one attached hydrogen (secondary N) is 1. The normalized spacial score (nSPS) is 14.8. The lowest BCUT2D eigenvalue weighted by Crippen LogP contribution is -2.45. The largest absolute Gasteiger partial charge is 0.480 e. The summed E-state index contributed by atoms with van der Waals surface area (Å²) in [4.78, 5) is 11.1. The number of aliphatic carboxylic acids is 1. The van der Waals surface area contributed by atoms with Crippen molar-refractivity contribution in [3.8, 4) is 0 Å². The van der Waals surface area contributed by atoms with Crippen LogP contribution in [0.15, 0.2) is 24.3 Å². The van der Waals surface area contributed by atoms with Crippen LogP contribution in [0, 0.1) is 11.7 Å². The SMILES string of the molecule is CCC(C)C(NS(=O)(=O)Cc1ccc(F)cc1)C(=O)O. The van der Waals surface area contributed by atoms with E-state index in [1.165, 1.54) is 12.1 Å². The molecular weight excluding hydrogens is 285 g/mol. The molecule has 7 heteroatoms. The Morgan fingerprint density at radius 3 is 2.35 bits per heavy atom. The van der Waals surface area contributed by atoms with E-state index < -0.39 is 27.9 Å². The van der Waals surface area contributed by atoms with Crippen molar-refractivity contribution in [1.82, 2.24) is 4.72 Å². The van der Waals surface area contributed by atoms with E-state index in [1.54, 1.807) is 13.8 Å². The van der Waals surface area contributed by atoms with Gasteiger partial charge in [-0.25, -0.2) is 17.5 Å². The van der Waals surface area contributed by atoms with Crippen LogP contribution in [0.5, 0.6) is 0 Å². The molecule has 0 saturated carbocycles. The molecule has 2 atom stereocenters. The third-order valence-corrected chi connectivity index (χ3v) is 4.38. The minimum atomic E-state index is -3.80. The maximum Gasteiger partial charge on any atom is 0.322 e. The molecule has 0 bridgehead atoms. The molecule has 5 nitrogen and oxygen atoms in total. The van der Waals surface area contributed by atoms with E-state index in [-0.39, 0.29) is 11.7 Å². The number of carbonyl (C=O) groups is 1. The van der Waals surface area contributed by atoms with Gasteiger partial charge < -0.3 is 5.11 Å². The molecule has 0 spiro atoms. The van der Waals surface area contributed by atoms with E-state index in [4.69, 9.17) is 5.11 Å². The molecule has 2 unspecified atom stereocenters. The Balaban J connectivity index is 2.82. The van der Waals surface area contributed by atoms with Crippen molar-refractivity contribution in [3.05, 3.63) is 35.6 Å². The van der Waals surface area contributed by atoms with Crippen LogP contribution in [-0.2, 0) is 20.6 Å². The second kappa shape index (κ2) is 6.81. The van der Waals surface area contributed by atoms with Crippen LogP contribution in [0.3, 0.4) is 0 Å². The minimum Gasteiger partial charge on any atom is -0.480 e. The molecule has 1 aromatic carbocycles. The topological polar surface area (TPSA) is 83.5 Å². The molecule has 1 aromatic rings. The van der Waals surface area contributed by atoms with Gasteiger partial charge in [0.25, 0.3) is 0 Å². The molecule has 0 fully saturated rings. The Morgan fingerprint density at radius 1 is 1.35 bits per heavy atom. The van der Waals surface area contributed by atoms with Gasteiger partial charge in [0.1, 0.15) is 11.9 Å². The zero-order chi connectivity index (χ0) is 15.3. The van der Waals surface area contributed by atoms with Crippen LogP contribution in [0.25, 0.3) is 0 Å². The van der Waals surface area contributed by atoms with E-state index in [9.17, 15) is 17.6 Å². The Morgan fingerprint density at radius 2 is 1.90 bits per heavy atom. The van der Waals surface area contributed by atoms with Crippen LogP contribution in [0.2, 0.25) is 0 Å². The predicted molar refractivity (Wildman–Crippen MR) is 73.0 cm³/mol. The Hall–Kier alpha value is -1.47. The highest BCUT2D eigenvalue weighted by Gasteiger charge is 2.28. The van der Waals surface area contributed by atoms with Gasteiger partial charge in [-0.3, -0.25) is 4.79 Å². The van der Waals surface area contributed by atoms with Crippen molar-refractivity contribution in [2.24, 2.45) is 5.92 Å². The van der Waals surface area contributed by atoms with Crippen LogP contribution < -0.4 is 4.72 Å². The quantitative estimate of drug-likeness (QED) is 0.803. The van der Waals surface area contributed by atoms with Crippen LogP contribution in [0.4, 0.5) is 4.39 Å². The van der Waals surface area contributed by atoms with E-state index in [0.29, 0.717) is 12.0 Å². The summed E-state index contributed by atoms with van der Waals surface area (Å²) in [6, 6.07) is 3.87. The molecule has 0 amide bonds. The molecule has 0 aromatic heterocycles. The summed E-state index contributed by atoms with van der Waals surface area (Å²) in [6.45, 7) is 3.45. The molecule has 2 N–H and O–H groups in total. The fourth-order valence-electron chi connectivity index (χ4n) is 1.68. The lowest BCUT2D eigenvalue weighted by Gasteiger charge is -2.20. The van der Waals surface area contributed by atoms with Crippen molar-refractivity contribution in [2.45, 2.75) is 32.1 Å². The van der Waals surface area contributed by atoms with Crippen LogP contribution in [-0.4, -0.2) is 25.5 Å². The monoisotopic (exact) mass is 303 g/mol. The second-order valence-electron chi connectivity index (χ2n) is 4.70. The first-order chi connectivity index (χ1) is 9.25. The number of rotatable bonds is 7. The Labute approximate surface area is 117 Å². The van der Waals surface area contributed by atoms with Gasteiger partial charge in [0, 0.05) is 0 Å². The fourth-order valence-corrected chi connectivity index (χ4v) is 3.12. The lowest BCUT2D eigenvalue weighted by atomic mass is 10.0. The van der Waals surface area contributed by atoms with Gasteiger partial charge in [-0.1, -0.05) is 32.4 Å². The first-order valence-electron chi connectivity index (χ1n) is 6.22. The number of hydrogen-bond donors (Lipinski definition) is 2. The first-order valence-corrected chi connectivity index (χ1v) is 7.87. The van der Waals surface area contributed by atoms with E-state index >= 15 is 0 Å². The summed E-state index contributed by atoms with van der Waals surface area (Å²) in [5, 5.41) is 9.06. The average Bonchev–Trinajstić information content (AvgIpc) is 2.37. The van der Waals surface area contributed by atoms with Gasteiger partial charge in [-0.05, 0) is 23.6 Å². The van der Waals surface area contributed by atoms with Crippen molar-refractivity contribution in [2.75, 3.05) is 0 Å². The molecule has 0 radical (unpaired) electrons. The molecule has 0 heterocycles. The third kappa shape index (κ3) is 4.90. The van der Waals surface area contributed by atoms with E-state index in [2.05, 4.69) is 4.72 Å². The zero-order valence-electron chi connectivity index (χ0n) is 11.3. The number of benzene rings is 1. The number of sulfonamides is 1. The smallest absolute Gasteiger partial charge is 0.322 e. The summed E-state index contributed by atoms with van der Waals surface area (Å²) >= 11 is 0. The highest BCUT2D eigenvalue weighted by atomic mass is 32.2. The Bertz CT molecular complexity index is 556. The molecule has 1 rings (SSSR count). The van der Waals surface area contributed by atoms with Crippen molar-refractivity contribution in [3.63, 3.8) is 0 Å². The van der Waals surface area contributed by atoms with Crippen molar-refractivity contribution < 1.29 is 22.7 Å². The van der Waals surface area contributed by atoms with Crippen molar-refractivity contribution >= 4 is 16.0 Å². The zero-order valence-corrected chi connectivity index (χ0v) is 12.2. The maximum absolute atomic E-state index is 12.7. The number of hydrogen-bond acceptors (Lipinski definition) is 3. The van der Waals surface area contributed by atoms with Gasteiger partial charge in [0.05, 0.1) is 5.75 Å². The minimum absolute atomic E-state index is 0.324. The molecule has 112 valence electrons. The molecule has 0 aliphatic heterocycles. The summed E-state index contributed by atoms with van der Waals surface area (Å²) in [7, 11) is -3.80. The molecule has 0 aliphatic rings. The summed E-state index contributed by atoms with van der Waals surface area (Å²) in [5.74, 6) is -2.37. The van der Waals surface area contributed by atoms with Crippen molar-refractivity contribution in [1.29, 1.82) is 0 Å². The Kier molecular flexibility index (Phi) is 5.64. The highest BCUT2D eigenvalue weighted by Crippen LogP contribution is 2.12. The lowest BCUT2D eigenvalue weighted by molar-refractivity contribution is -0.140.